The lowest BCUT2D eigenvalue weighted by molar-refractivity contribution is -0.274. The molecule has 0 N–H and O–H groups in total. The summed E-state index contributed by atoms with van der Waals surface area (Å²) in [6.45, 7) is 1.88. The average molecular weight is 398 g/mol. The molecule has 3 aromatic rings. The molecule has 12 heteroatoms. The molecule has 1 aliphatic rings. The lowest BCUT2D eigenvalue weighted by Crippen LogP contribution is -2.17. The van der Waals surface area contributed by atoms with Gasteiger partial charge in [0, 0.05) is 5.92 Å². The fourth-order valence-electron chi connectivity index (χ4n) is 2.33. The summed E-state index contributed by atoms with van der Waals surface area (Å²) in [5, 5.41) is 15.7. The molecule has 1 atom stereocenters. The number of hydrogen-bond acceptors (Lipinski definition) is 8. The molecule has 142 valence electrons. The van der Waals surface area contributed by atoms with Crippen molar-refractivity contribution >= 4 is 11.8 Å². The number of tetrazole rings is 1. The van der Waals surface area contributed by atoms with Crippen molar-refractivity contribution < 1.29 is 22.4 Å². The van der Waals surface area contributed by atoms with Crippen LogP contribution in [-0.2, 0) is 0 Å². The fourth-order valence-corrected chi connectivity index (χ4v) is 3.17. The Morgan fingerprint density at radius 3 is 2.67 bits per heavy atom. The quantitative estimate of drug-likeness (QED) is 0.581. The summed E-state index contributed by atoms with van der Waals surface area (Å²) < 4.78 is 47.3. The number of benzene rings is 1. The highest BCUT2D eigenvalue weighted by Crippen LogP contribution is 2.40. The van der Waals surface area contributed by atoms with Crippen LogP contribution in [0.1, 0.15) is 42.6 Å². The maximum absolute atomic E-state index is 12.3. The highest BCUT2D eigenvalue weighted by Gasteiger charge is 2.31. The smallest absolute Gasteiger partial charge is 0.406 e. The van der Waals surface area contributed by atoms with Crippen molar-refractivity contribution in [1.82, 2.24) is 30.3 Å². The number of nitrogens with zero attached hydrogens (tertiary/aromatic N) is 6. The molecule has 0 unspecified atom stereocenters. The van der Waals surface area contributed by atoms with E-state index >= 15 is 0 Å². The molecule has 0 amide bonds. The van der Waals surface area contributed by atoms with E-state index in [2.05, 4.69) is 30.4 Å². The Hall–Kier alpha value is -2.63. The van der Waals surface area contributed by atoms with E-state index in [4.69, 9.17) is 4.52 Å². The SMILES string of the molecule is C[C@H](Sc1nnnn1-c1ccc(OC(F)(F)F)cc1)c1nc(C2CC2)no1. The standard InChI is InChI=1S/C15H13F3N6O2S/c1-8(13-19-12(21-26-13)9-2-3-9)27-14-20-22-23-24(14)10-4-6-11(7-5-10)25-15(16,17)18/h4-9H,2-3H2,1H3/t8-/m0/s1. The minimum Gasteiger partial charge on any atom is -0.406 e. The Morgan fingerprint density at radius 2 is 2.00 bits per heavy atom. The fraction of sp³-hybridized carbons (Fsp3) is 0.400. The first kappa shape index (κ1) is 17.8. The van der Waals surface area contributed by atoms with Crippen molar-refractivity contribution in [2.75, 3.05) is 0 Å². The molecular formula is C15H13F3N6O2S. The van der Waals surface area contributed by atoms with E-state index in [-0.39, 0.29) is 11.0 Å². The Morgan fingerprint density at radius 1 is 1.26 bits per heavy atom. The van der Waals surface area contributed by atoms with E-state index < -0.39 is 6.36 Å². The molecule has 0 saturated heterocycles. The van der Waals surface area contributed by atoms with Gasteiger partial charge in [-0.1, -0.05) is 16.9 Å². The van der Waals surface area contributed by atoms with Crippen LogP contribution in [0.25, 0.3) is 5.69 Å². The largest absolute Gasteiger partial charge is 0.573 e. The maximum Gasteiger partial charge on any atom is 0.573 e. The van der Waals surface area contributed by atoms with E-state index in [1.54, 1.807) is 0 Å². The molecule has 2 heterocycles. The molecule has 0 spiro atoms. The summed E-state index contributed by atoms with van der Waals surface area (Å²) in [5.41, 5.74) is 0.494. The monoisotopic (exact) mass is 398 g/mol. The minimum absolute atomic E-state index is 0.192. The predicted octanol–water partition coefficient (Wildman–Crippen LogP) is 3.67. The first-order valence-electron chi connectivity index (χ1n) is 8.04. The van der Waals surface area contributed by atoms with Gasteiger partial charge in [-0.05, 0) is 54.5 Å². The average Bonchev–Trinajstić information content (AvgIpc) is 3.15. The van der Waals surface area contributed by atoms with Crippen LogP contribution in [0.15, 0.2) is 33.9 Å². The molecule has 0 aliphatic heterocycles. The van der Waals surface area contributed by atoms with Crippen LogP contribution in [0.2, 0.25) is 0 Å². The van der Waals surface area contributed by atoms with Gasteiger partial charge in [0.05, 0.1) is 10.9 Å². The summed E-state index contributed by atoms with van der Waals surface area (Å²) in [7, 11) is 0. The number of hydrogen-bond donors (Lipinski definition) is 0. The Balaban J connectivity index is 1.48. The number of alkyl halides is 3. The summed E-state index contributed by atoms with van der Waals surface area (Å²) in [5.74, 6) is 1.27. The molecule has 0 bridgehead atoms. The van der Waals surface area contributed by atoms with Crippen LogP contribution in [-0.4, -0.2) is 36.7 Å². The van der Waals surface area contributed by atoms with Crippen molar-refractivity contribution in [3.05, 3.63) is 36.0 Å². The van der Waals surface area contributed by atoms with Gasteiger partial charge < -0.3 is 9.26 Å². The molecule has 0 radical (unpaired) electrons. The zero-order valence-electron chi connectivity index (χ0n) is 13.9. The van der Waals surface area contributed by atoms with Crippen molar-refractivity contribution in [2.24, 2.45) is 0 Å². The number of aromatic nitrogens is 6. The molecule has 2 aromatic heterocycles. The van der Waals surface area contributed by atoms with Gasteiger partial charge in [0.2, 0.25) is 11.0 Å². The topological polar surface area (TPSA) is 91.8 Å². The van der Waals surface area contributed by atoms with Gasteiger partial charge in [-0.2, -0.15) is 9.67 Å². The van der Waals surface area contributed by atoms with Crippen LogP contribution in [0.4, 0.5) is 13.2 Å². The maximum atomic E-state index is 12.3. The third-order valence-electron chi connectivity index (χ3n) is 3.79. The molecule has 1 fully saturated rings. The van der Waals surface area contributed by atoms with Crippen LogP contribution < -0.4 is 4.74 Å². The Bertz CT molecular complexity index is 922. The molecule has 1 saturated carbocycles. The summed E-state index contributed by atoms with van der Waals surface area (Å²) in [4.78, 5) is 4.40. The van der Waals surface area contributed by atoms with Crippen molar-refractivity contribution in [3.63, 3.8) is 0 Å². The third-order valence-corrected chi connectivity index (χ3v) is 4.81. The van der Waals surface area contributed by atoms with E-state index in [9.17, 15) is 13.2 Å². The Labute approximate surface area is 155 Å². The van der Waals surface area contributed by atoms with Crippen LogP contribution in [0.3, 0.4) is 0 Å². The zero-order chi connectivity index (χ0) is 19.0. The summed E-state index contributed by atoms with van der Waals surface area (Å²) in [6, 6.07) is 5.26. The van der Waals surface area contributed by atoms with Crippen molar-refractivity contribution in [3.8, 4) is 11.4 Å². The van der Waals surface area contributed by atoms with Gasteiger partial charge in [0.25, 0.3) is 0 Å². The summed E-state index contributed by atoms with van der Waals surface area (Å²) in [6.07, 6.45) is -2.59. The van der Waals surface area contributed by atoms with Gasteiger partial charge in [-0.25, -0.2) is 0 Å². The van der Waals surface area contributed by atoms with Gasteiger partial charge in [0.1, 0.15) is 5.75 Å². The van der Waals surface area contributed by atoms with Gasteiger partial charge in [-0.3, -0.25) is 0 Å². The highest BCUT2D eigenvalue weighted by molar-refractivity contribution is 7.99. The molecule has 8 nitrogen and oxygen atoms in total. The van der Waals surface area contributed by atoms with Gasteiger partial charge >= 0.3 is 6.36 Å². The molecular weight excluding hydrogens is 385 g/mol. The van der Waals surface area contributed by atoms with E-state index in [1.807, 2.05) is 6.92 Å². The van der Waals surface area contributed by atoms with Gasteiger partial charge in [0.15, 0.2) is 5.82 Å². The zero-order valence-corrected chi connectivity index (χ0v) is 14.7. The summed E-state index contributed by atoms with van der Waals surface area (Å²) >= 11 is 1.30. The minimum atomic E-state index is -4.74. The van der Waals surface area contributed by atoms with E-state index in [1.165, 1.54) is 40.7 Å². The van der Waals surface area contributed by atoms with E-state index in [0.29, 0.717) is 22.7 Å². The molecule has 27 heavy (non-hydrogen) atoms. The number of rotatable bonds is 6. The van der Waals surface area contributed by atoms with Crippen LogP contribution in [0.5, 0.6) is 5.75 Å². The lowest BCUT2D eigenvalue weighted by atomic mass is 10.3. The third kappa shape index (κ3) is 4.21. The van der Waals surface area contributed by atoms with Crippen molar-refractivity contribution in [2.45, 2.75) is 42.5 Å². The van der Waals surface area contributed by atoms with E-state index in [0.717, 1.165) is 18.7 Å². The normalized spacial score (nSPS) is 15.7. The predicted molar refractivity (Wildman–Crippen MR) is 86.4 cm³/mol. The molecule has 4 rings (SSSR count). The second-order valence-corrected chi connectivity index (χ2v) is 7.25. The first-order chi connectivity index (χ1) is 12.9. The number of ether oxygens (including phenoxy) is 1. The second-order valence-electron chi connectivity index (χ2n) is 5.94. The van der Waals surface area contributed by atoms with Crippen molar-refractivity contribution in [1.29, 1.82) is 0 Å². The molecule has 1 aliphatic carbocycles. The Kier molecular flexibility index (Phi) is 4.50. The second kappa shape index (κ2) is 6.83. The highest BCUT2D eigenvalue weighted by atomic mass is 32.2. The number of thioether (sulfide) groups is 1. The van der Waals surface area contributed by atoms with Crippen LogP contribution in [0, 0.1) is 0 Å². The lowest BCUT2D eigenvalue weighted by Gasteiger charge is -2.10. The number of halogens is 3. The van der Waals surface area contributed by atoms with Gasteiger partial charge in [-0.15, -0.1) is 18.3 Å². The van der Waals surface area contributed by atoms with Crippen LogP contribution >= 0.6 is 11.8 Å². The first-order valence-corrected chi connectivity index (χ1v) is 8.92. The molecule has 1 aromatic carbocycles.